The van der Waals surface area contributed by atoms with Gasteiger partial charge in [0.05, 0.1) is 12.7 Å². The van der Waals surface area contributed by atoms with Gasteiger partial charge in [-0.15, -0.1) is 0 Å². The molecule has 2 aromatic heterocycles. The number of rotatable bonds is 5. The molecule has 6 nitrogen and oxygen atoms in total. The Labute approximate surface area is 148 Å². The first-order valence-corrected chi connectivity index (χ1v) is 7.83. The van der Waals surface area contributed by atoms with Crippen molar-refractivity contribution < 1.29 is 9.18 Å². The molecule has 1 N–H and O–H groups in total. The van der Waals surface area contributed by atoms with Crippen LogP contribution in [0.5, 0.6) is 0 Å². The number of nitrogens with one attached hydrogen (secondary N) is 1. The van der Waals surface area contributed by atoms with Gasteiger partial charge in [0.25, 0.3) is 0 Å². The Kier molecular flexibility index (Phi) is 4.95. The summed E-state index contributed by atoms with van der Waals surface area (Å²) in [5.41, 5.74) is 1.17. The van der Waals surface area contributed by atoms with Crippen LogP contribution >= 0.6 is 11.6 Å². The fourth-order valence-electron chi connectivity index (χ4n) is 2.23. The second-order valence-corrected chi connectivity index (χ2v) is 5.78. The van der Waals surface area contributed by atoms with E-state index in [1.165, 1.54) is 16.8 Å². The number of hydrogen-bond donors (Lipinski definition) is 1. The number of nitrogens with zero attached hydrogens (tertiary/aromatic N) is 4. The van der Waals surface area contributed by atoms with E-state index in [1.807, 2.05) is 0 Å². The molecule has 25 heavy (non-hydrogen) atoms. The molecule has 1 aromatic carbocycles. The molecule has 2 heterocycles. The fourth-order valence-corrected chi connectivity index (χ4v) is 2.45. The molecule has 0 spiro atoms. The van der Waals surface area contributed by atoms with E-state index in [4.69, 9.17) is 11.6 Å². The first-order chi connectivity index (χ1) is 12.0. The number of hydrogen-bond acceptors (Lipinski definition) is 3. The summed E-state index contributed by atoms with van der Waals surface area (Å²) in [6.45, 7) is 0.174. The number of aromatic nitrogens is 4. The lowest BCUT2D eigenvalue weighted by atomic mass is 10.2. The molecule has 0 aliphatic rings. The Morgan fingerprint density at radius 3 is 2.96 bits per heavy atom. The second kappa shape index (κ2) is 7.31. The van der Waals surface area contributed by atoms with Crippen molar-refractivity contribution in [3.8, 4) is 0 Å². The fraction of sp³-hybridized carbons (Fsp3) is 0.118. The van der Waals surface area contributed by atoms with Crippen LogP contribution in [0.25, 0.3) is 6.08 Å². The highest BCUT2D eigenvalue weighted by atomic mass is 35.5. The van der Waals surface area contributed by atoms with Crippen molar-refractivity contribution >= 4 is 29.4 Å². The molecule has 0 bridgehead atoms. The average molecular weight is 360 g/mol. The molecule has 128 valence electrons. The molecular formula is C17H15ClFN5O. The third-order valence-corrected chi connectivity index (χ3v) is 3.78. The molecular weight excluding hydrogens is 345 g/mol. The standard InChI is InChI=1S/C17H15ClFN5O/c1-23-10-12(9-20-23)5-6-17(25)21-16-7-8-24(22-16)11-13-14(18)3-2-4-15(13)19/h2-10H,11H2,1H3,(H,21,22,25). The van der Waals surface area contributed by atoms with Crippen molar-refractivity contribution in [1.82, 2.24) is 19.6 Å². The summed E-state index contributed by atoms with van der Waals surface area (Å²) in [6, 6.07) is 6.14. The van der Waals surface area contributed by atoms with Gasteiger partial charge in [-0.1, -0.05) is 17.7 Å². The Balaban J connectivity index is 1.63. The van der Waals surface area contributed by atoms with Crippen molar-refractivity contribution in [2.24, 2.45) is 7.05 Å². The summed E-state index contributed by atoms with van der Waals surface area (Å²) in [6.07, 6.45) is 8.12. The summed E-state index contributed by atoms with van der Waals surface area (Å²) in [7, 11) is 1.80. The molecule has 0 saturated carbocycles. The lowest BCUT2D eigenvalue weighted by Crippen LogP contribution is -2.09. The van der Waals surface area contributed by atoms with Crippen LogP contribution in [-0.4, -0.2) is 25.5 Å². The minimum absolute atomic E-state index is 0.174. The summed E-state index contributed by atoms with van der Waals surface area (Å²) < 4.78 is 17.0. The number of benzene rings is 1. The maximum Gasteiger partial charge on any atom is 0.249 e. The number of carbonyl (C=O) groups is 1. The van der Waals surface area contributed by atoms with Crippen LogP contribution in [0.15, 0.2) is 48.9 Å². The zero-order chi connectivity index (χ0) is 17.8. The van der Waals surface area contributed by atoms with Crippen molar-refractivity contribution in [2.75, 3.05) is 5.32 Å². The van der Waals surface area contributed by atoms with Crippen molar-refractivity contribution in [2.45, 2.75) is 6.54 Å². The summed E-state index contributed by atoms with van der Waals surface area (Å²) >= 11 is 6.00. The van der Waals surface area contributed by atoms with Crippen LogP contribution in [0.3, 0.4) is 0 Å². The lowest BCUT2D eigenvalue weighted by molar-refractivity contribution is -0.111. The predicted molar refractivity (Wildman–Crippen MR) is 93.6 cm³/mol. The molecule has 3 aromatic rings. The Hall–Kier alpha value is -2.93. The molecule has 0 radical (unpaired) electrons. The minimum Gasteiger partial charge on any atom is -0.306 e. The Morgan fingerprint density at radius 2 is 2.24 bits per heavy atom. The second-order valence-electron chi connectivity index (χ2n) is 5.37. The molecule has 0 aliphatic carbocycles. The van der Waals surface area contributed by atoms with Crippen LogP contribution in [-0.2, 0) is 18.4 Å². The molecule has 8 heteroatoms. The highest BCUT2D eigenvalue weighted by Gasteiger charge is 2.09. The number of amides is 1. The number of halogens is 2. The van der Waals surface area contributed by atoms with Gasteiger partial charge >= 0.3 is 0 Å². The normalized spacial score (nSPS) is 11.2. The SMILES string of the molecule is Cn1cc(C=CC(=O)Nc2ccn(Cc3c(F)cccc3Cl)n2)cn1. The topological polar surface area (TPSA) is 64.7 Å². The van der Waals surface area contributed by atoms with Crippen LogP contribution in [0.4, 0.5) is 10.2 Å². The summed E-state index contributed by atoms with van der Waals surface area (Å²) in [5.74, 6) is -0.348. The Bertz CT molecular complexity index is 911. The Morgan fingerprint density at radius 1 is 1.40 bits per heavy atom. The van der Waals surface area contributed by atoms with Gasteiger partial charge < -0.3 is 5.32 Å². The van der Waals surface area contributed by atoms with E-state index in [0.29, 0.717) is 16.4 Å². The molecule has 0 aliphatic heterocycles. The van der Waals surface area contributed by atoms with E-state index in [2.05, 4.69) is 15.5 Å². The zero-order valence-corrected chi connectivity index (χ0v) is 14.1. The first kappa shape index (κ1) is 16.9. The van der Waals surface area contributed by atoms with E-state index in [9.17, 15) is 9.18 Å². The molecule has 0 unspecified atom stereocenters. The van der Waals surface area contributed by atoms with E-state index >= 15 is 0 Å². The van der Waals surface area contributed by atoms with E-state index in [1.54, 1.807) is 54.6 Å². The monoisotopic (exact) mass is 359 g/mol. The van der Waals surface area contributed by atoms with Crippen molar-refractivity contribution in [3.05, 3.63) is 70.9 Å². The lowest BCUT2D eigenvalue weighted by Gasteiger charge is -2.05. The van der Waals surface area contributed by atoms with Crippen molar-refractivity contribution in [1.29, 1.82) is 0 Å². The van der Waals surface area contributed by atoms with Gasteiger partial charge in [-0.05, 0) is 18.2 Å². The summed E-state index contributed by atoms with van der Waals surface area (Å²) in [5, 5.41) is 11.2. The van der Waals surface area contributed by atoms with Gasteiger partial charge in [0.15, 0.2) is 5.82 Å². The number of aryl methyl sites for hydroxylation is 1. The van der Waals surface area contributed by atoms with Gasteiger partial charge in [0, 0.05) is 47.7 Å². The maximum atomic E-state index is 13.8. The largest absolute Gasteiger partial charge is 0.306 e. The minimum atomic E-state index is -0.395. The molecule has 0 atom stereocenters. The highest BCUT2D eigenvalue weighted by molar-refractivity contribution is 6.31. The van der Waals surface area contributed by atoms with Crippen LogP contribution < -0.4 is 5.32 Å². The third-order valence-electron chi connectivity index (χ3n) is 3.43. The first-order valence-electron chi connectivity index (χ1n) is 7.45. The summed E-state index contributed by atoms with van der Waals surface area (Å²) in [4.78, 5) is 11.9. The highest BCUT2D eigenvalue weighted by Crippen LogP contribution is 2.20. The maximum absolute atomic E-state index is 13.8. The van der Waals surface area contributed by atoms with E-state index in [0.717, 1.165) is 5.56 Å². The quantitative estimate of drug-likeness (QED) is 0.712. The van der Waals surface area contributed by atoms with Gasteiger partial charge in [0.1, 0.15) is 5.82 Å². The average Bonchev–Trinajstić information content (AvgIpc) is 3.18. The predicted octanol–water partition coefficient (Wildman–Crippen LogP) is 3.11. The van der Waals surface area contributed by atoms with Crippen LogP contribution in [0.1, 0.15) is 11.1 Å². The zero-order valence-electron chi connectivity index (χ0n) is 13.4. The van der Waals surface area contributed by atoms with E-state index < -0.39 is 5.82 Å². The van der Waals surface area contributed by atoms with Gasteiger partial charge in [-0.2, -0.15) is 10.2 Å². The molecule has 1 amide bonds. The van der Waals surface area contributed by atoms with Crippen LogP contribution in [0.2, 0.25) is 5.02 Å². The van der Waals surface area contributed by atoms with Gasteiger partial charge in [-0.25, -0.2) is 4.39 Å². The molecule has 0 fully saturated rings. The smallest absolute Gasteiger partial charge is 0.249 e. The van der Waals surface area contributed by atoms with Crippen LogP contribution in [0, 0.1) is 5.82 Å². The van der Waals surface area contributed by atoms with Crippen molar-refractivity contribution in [3.63, 3.8) is 0 Å². The van der Waals surface area contributed by atoms with Gasteiger partial charge in [-0.3, -0.25) is 14.2 Å². The molecule has 0 saturated heterocycles. The van der Waals surface area contributed by atoms with E-state index in [-0.39, 0.29) is 12.5 Å². The van der Waals surface area contributed by atoms with Gasteiger partial charge in [0.2, 0.25) is 5.91 Å². The number of anilines is 1. The molecule has 3 rings (SSSR count). The third kappa shape index (κ3) is 4.33. The number of carbonyl (C=O) groups excluding carboxylic acids is 1.